The average Bonchev–Trinajstić information content (AvgIpc) is 3.30. The molecule has 0 fully saturated rings. The van der Waals surface area contributed by atoms with Crippen molar-refractivity contribution in [1.29, 1.82) is 0 Å². The van der Waals surface area contributed by atoms with Crippen molar-refractivity contribution in [3.63, 3.8) is 0 Å². The molecule has 1 heterocycles. The maximum Gasteiger partial charge on any atom is 0.326 e. The maximum atomic E-state index is 13.2. The molecule has 9 N–H and O–H groups in total. The van der Waals surface area contributed by atoms with Crippen LogP contribution in [0.2, 0.25) is 0 Å². The van der Waals surface area contributed by atoms with Crippen molar-refractivity contribution in [2.75, 3.05) is 0 Å². The van der Waals surface area contributed by atoms with Gasteiger partial charge in [-0.2, -0.15) is 0 Å². The number of aliphatic carboxylic acids is 1. The largest absolute Gasteiger partial charge is 0.480 e. The van der Waals surface area contributed by atoms with Gasteiger partial charge in [-0.25, -0.2) is 9.78 Å². The molecule has 35 heavy (non-hydrogen) atoms. The molecular weight excluding hydrogens is 458 g/mol. The van der Waals surface area contributed by atoms with E-state index in [0.717, 1.165) is 0 Å². The van der Waals surface area contributed by atoms with Gasteiger partial charge in [0.2, 0.25) is 23.6 Å². The highest BCUT2D eigenvalue weighted by Crippen LogP contribution is 2.09. The number of carboxylic acid groups (broad SMARTS) is 1. The molecule has 0 saturated heterocycles. The van der Waals surface area contributed by atoms with Crippen molar-refractivity contribution in [3.8, 4) is 0 Å². The normalized spacial score (nSPS) is 15.4. The molecule has 5 unspecified atom stereocenters. The maximum absolute atomic E-state index is 13.2. The van der Waals surface area contributed by atoms with Crippen LogP contribution < -0.4 is 27.4 Å². The fourth-order valence-electron chi connectivity index (χ4n) is 3.20. The van der Waals surface area contributed by atoms with Crippen LogP contribution in [-0.4, -0.2) is 68.8 Å². The van der Waals surface area contributed by atoms with Gasteiger partial charge in [0.1, 0.15) is 18.1 Å². The molecular formula is C22H37N7O6. The first-order valence-electron chi connectivity index (χ1n) is 11.5. The lowest BCUT2D eigenvalue weighted by molar-refractivity contribution is -0.143. The number of imidazole rings is 1. The number of nitrogens with one attached hydrogen (secondary N) is 4. The molecule has 0 radical (unpaired) electrons. The summed E-state index contributed by atoms with van der Waals surface area (Å²) in [6, 6.07) is -4.37. The Balaban J connectivity index is 3.02. The van der Waals surface area contributed by atoms with Gasteiger partial charge in [0, 0.05) is 24.7 Å². The summed E-state index contributed by atoms with van der Waals surface area (Å²) in [5.41, 5.74) is 11.7. The second-order valence-electron chi connectivity index (χ2n) is 8.89. The minimum absolute atomic E-state index is 0.0631. The second-order valence-corrected chi connectivity index (χ2v) is 8.89. The molecule has 5 atom stereocenters. The molecule has 0 spiro atoms. The van der Waals surface area contributed by atoms with E-state index in [2.05, 4.69) is 25.9 Å². The predicted molar refractivity (Wildman–Crippen MR) is 126 cm³/mol. The molecule has 1 aromatic rings. The number of nitrogens with two attached hydrogens (primary N) is 2. The smallest absolute Gasteiger partial charge is 0.326 e. The zero-order chi connectivity index (χ0) is 26.7. The molecule has 0 aliphatic heterocycles. The van der Waals surface area contributed by atoms with Crippen molar-refractivity contribution < 1.29 is 29.1 Å². The lowest BCUT2D eigenvalue weighted by atomic mass is 9.98. The SMILES string of the molecule is CCC(C)C(N)C(=O)NC(Cc1cnc[nH]1)C(=O)NC(C(=O)NC(CCC(N)=O)C(=O)O)C(C)C. The van der Waals surface area contributed by atoms with Crippen LogP contribution in [0.4, 0.5) is 0 Å². The third kappa shape index (κ3) is 9.73. The number of hydrogen-bond acceptors (Lipinski definition) is 7. The summed E-state index contributed by atoms with van der Waals surface area (Å²) in [7, 11) is 0. The van der Waals surface area contributed by atoms with E-state index in [1.807, 2.05) is 13.8 Å². The standard InChI is InChI=1S/C22H37N7O6/c1-5-12(4)17(24)20(32)28-15(8-13-9-25-10-26-13)19(31)29-18(11(2)3)21(33)27-14(22(34)35)6-7-16(23)30/h9-12,14-15,17-18H,5-8,24H2,1-4H3,(H2,23,30)(H,25,26)(H,27,33)(H,28,32)(H,29,31)(H,34,35). The van der Waals surface area contributed by atoms with Gasteiger partial charge >= 0.3 is 5.97 Å². The van der Waals surface area contributed by atoms with E-state index in [9.17, 15) is 29.1 Å². The van der Waals surface area contributed by atoms with Gasteiger partial charge in [0.25, 0.3) is 0 Å². The Kier molecular flexibility index (Phi) is 11.9. The molecule has 13 heteroatoms. The topological polar surface area (TPSA) is 222 Å². The van der Waals surface area contributed by atoms with Crippen LogP contribution in [0.1, 0.15) is 52.7 Å². The van der Waals surface area contributed by atoms with Gasteiger partial charge in [-0.1, -0.05) is 34.1 Å². The Bertz CT molecular complexity index is 874. The van der Waals surface area contributed by atoms with Crippen LogP contribution >= 0.6 is 0 Å². The summed E-state index contributed by atoms with van der Waals surface area (Å²) in [5.74, 6) is -4.48. The highest BCUT2D eigenvalue weighted by atomic mass is 16.4. The lowest BCUT2D eigenvalue weighted by Crippen LogP contribution is -2.59. The Morgan fingerprint density at radius 2 is 1.66 bits per heavy atom. The van der Waals surface area contributed by atoms with Crippen LogP contribution in [0.5, 0.6) is 0 Å². The first-order valence-corrected chi connectivity index (χ1v) is 11.5. The third-order valence-electron chi connectivity index (χ3n) is 5.71. The van der Waals surface area contributed by atoms with Crippen molar-refractivity contribution in [3.05, 3.63) is 18.2 Å². The Morgan fingerprint density at radius 1 is 1.03 bits per heavy atom. The molecule has 4 amide bonds. The van der Waals surface area contributed by atoms with Gasteiger partial charge in [0.05, 0.1) is 12.4 Å². The Labute approximate surface area is 204 Å². The van der Waals surface area contributed by atoms with Crippen LogP contribution in [0.25, 0.3) is 0 Å². The molecule has 0 aromatic carbocycles. The number of carbonyl (C=O) groups is 5. The molecule has 0 aliphatic rings. The van der Waals surface area contributed by atoms with E-state index in [4.69, 9.17) is 11.5 Å². The first-order chi connectivity index (χ1) is 16.4. The molecule has 0 saturated carbocycles. The molecule has 13 nitrogen and oxygen atoms in total. The van der Waals surface area contributed by atoms with Gasteiger partial charge in [0.15, 0.2) is 0 Å². The summed E-state index contributed by atoms with van der Waals surface area (Å²) in [5, 5.41) is 16.9. The first kappa shape index (κ1) is 29.6. The lowest BCUT2D eigenvalue weighted by Gasteiger charge is -2.27. The van der Waals surface area contributed by atoms with Crippen LogP contribution in [-0.2, 0) is 30.4 Å². The van der Waals surface area contributed by atoms with E-state index < -0.39 is 59.7 Å². The zero-order valence-corrected chi connectivity index (χ0v) is 20.5. The van der Waals surface area contributed by atoms with Crippen LogP contribution in [0, 0.1) is 11.8 Å². The fraction of sp³-hybridized carbons (Fsp3) is 0.636. The van der Waals surface area contributed by atoms with E-state index in [0.29, 0.717) is 12.1 Å². The average molecular weight is 496 g/mol. The number of rotatable bonds is 15. The van der Waals surface area contributed by atoms with Crippen molar-refractivity contribution in [2.45, 2.75) is 77.5 Å². The molecule has 1 aromatic heterocycles. The summed E-state index contributed by atoms with van der Waals surface area (Å²) < 4.78 is 0. The monoisotopic (exact) mass is 495 g/mol. The Morgan fingerprint density at radius 3 is 2.14 bits per heavy atom. The van der Waals surface area contributed by atoms with Gasteiger partial charge in [-0.3, -0.25) is 19.2 Å². The number of H-pyrrole nitrogens is 1. The highest BCUT2D eigenvalue weighted by molar-refractivity contribution is 5.94. The number of aromatic nitrogens is 2. The predicted octanol–water partition coefficient (Wildman–Crippen LogP) is -1.21. The van der Waals surface area contributed by atoms with Crippen LogP contribution in [0.3, 0.4) is 0 Å². The van der Waals surface area contributed by atoms with Crippen LogP contribution in [0.15, 0.2) is 12.5 Å². The summed E-state index contributed by atoms with van der Waals surface area (Å²) >= 11 is 0. The number of aromatic amines is 1. The van der Waals surface area contributed by atoms with E-state index >= 15 is 0 Å². The minimum atomic E-state index is -1.36. The van der Waals surface area contributed by atoms with E-state index in [1.54, 1.807) is 13.8 Å². The van der Waals surface area contributed by atoms with Gasteiger partial charge in [-0.05, 0) is 18.3 Å². The fourth-order valence-corrected chi connectivity index (χ4v) is 3.20. The number of amides is 4. The van der Waals surface area contributed by atoms with Crippen molar-refractivity contribution in [2.24, 2.45) is 23.3 Å². The van der Waals surface area contributed by atoms with E-state index in [1.165, 1.54) is 12.5 Å². The Hall–Kier alpha value is -3.48. The number of hydrogen-bond donors (Lipinski definition) is 7. The number of carbonyl (C=O) groups excluding carboxylic acids is 4. The number of primary amides is 1. The summed E-state index contributed by atoms with van der Waals surface area (Å²) in [6.07, 6.45) is 3.24. The molecule has 1 rings (SSSR count). The minimum Gasteiger partial charge on any atom is -0.480 e. The summed E-state index contributed by atoms with van der Waals surface area (Å²) in [6.45, 7) is 7.06. The zero-order valence-electron chi connectivity index (χ0n) is 20.5. The molecule has 196 valence electrons. The highest BCUT2D eigenvalue weighted by Gasteiger charge is 2.32. The van der Waals surface area contributed by atoms with Crippen molar-refractivity contribution >= 4 is 29.6 Å². The van der Waals surface area contributed by atoms with E-state index in [-0.39, 0.29) is 25.2 Å². The quantitative estimate of drug-likeness (QED) is 0.156. The second kappa shape index (κ2) is 14.0. The van der Waals surface area contributed by atoms with Gasteiger partial charge in [-0.15, -0.1) is 0 Å². The van der Waals surface area contributed by atoms with Gasteiger partial charge < -0.3 is 37.5 Å². The number of carboxylic acids is 1. The molecule has 0 aliphatic carbocycles. The van der Waals surface area contributed by atoms with Crippen molar-refractivity contribution in [1.82, 2.24) is 25.9 Å². The molecule has 0 bridgehead atoms. The number of nitrogens with zero attached hydrogens (tertiary/aromatic N) is 1. The third-order valence-corrected chi connectivity index (χ3v) is 5.71. The summed E-state index contributed by atoms with van der Waals surface area (Å²) in [4.78, 5) is 67.9.